The van der Waals surface area contributed by atoms with Crippen LogP contribution >= 0.6 is 28.3 Å². The Bertz CT molecular complexity index is 365. The van der Waals surface area contributed by atoms with Gasteiger partial charge in [-0.15, -0.1) is 12.4 Å². The van der Waals surface area contributed by atoms with Gasteiger partial charge in [-0.1, -0.05) is 15.9 Å². The van der Waals surface area contributed by atoms with Crippen LogP contribution in [0.1, 0.15) is 11.6 Å². The van der Waals surface area contributed by atoms with E-state index in [1.807, 2.05) is 0 Å². The molecule has 1 aromatic rings. The molecule has 7 heteroatoms. The summed E-state index contributed by atoms with van der Waals surface area (Å²) >= 11 is 2.99. The lowest BCUT2D eigenvalue weighted by molar-refractivity contribution is -0.0713. The van der Waals surface area contributed by atoms with Crippen LogP contribution in [0.3, 0.4) is 0 Å². The van der Waals surface area contributed by atoms with Crippen molar-refractivity contribution in [2.24, 2.45) is 5.73 Å². The molecule has 0 amide bonds. The van der Waals surface area contributed by atoms with E-state index in [2.05, 4.69) is 15.9 Å². The van der Waals surface area contributed by atoms with E-state index in [-0.39, 0.29) is 22.4 Å². The molecule has 0 aliphatic rings. The Labute approximate surface area is 105 Å². The van der Waals surface area contributed by atoms with Gasteiger partial charge in [-0.3, -0.25) is 0 Å². The molecule has 3 N–H and O–H groups in total. The van der Waals surface area contributed by atoms with Gasteiger partial charge in [0.1, 0.15) is 12.4 Å². The summed E-state index contributed by atoms with van der Waals surface area (Å²) in [6, 6.07) is 1.58. The Balaban J connectivity index is 0.00000225. The maximum Gasteiger partial charge on any atom is 0.289 e. The number of hydrogen-bond donors (Lipinski definition) is 2. The highest BCUT2D eigenvalue weighted by molar-refractivity contribution is 9.10. The zero-order chi connectivity index (χ0) is 11.6. The van der Waals surface area contributed by atoms with Crippen LogP contribution in [-0.2, 0) is 0 Å². The van der Waals surface area contributed by atoms with Crippen molar-refractivity contribution in [1.82, 2.24) is 0 Å². The molecule has 0 spiro atoms. The molecule has 0 bridgehead atoms. The second-order valence-corrected chi connectivity index (χ2v) is 3.92. The lowest BCUT2D eigenvalue weighted by Crippen LogP contribution is -2.36. The summed E-state index contributed by atoms with van der Waals surface area (Å²) in [6.45, 7) is -1.38. The zero-order valence-corrected chi connectivity index (χ0v) is 10.4. The van der Waals surface area contributed by atoms with E-state index < -0.39 is 24.4 Å². The third-order valence-electron chi connectivity index (χ3n) is 1.96. The van der Waals surface area contributed by atoms with Crippen molar-refractivity contribution in [3.63, 3.8) is 0 Å². The van der Waals surface area contributed by atoms with Crippen molar-refractivity contribution in [1.29, 1.82) is 0 Å². The Morgan fingerprint density at radius 3 is 2.50 bits per heavy atom. The van der Waals surface area contributed by atoms with E-state index in [0.717, 1.165) is 12.1 Å². The molecule has 0 saturated heterocycles. The van der Waals surface area contributed by atoms with Gasteiger partial charge in [-0.05, 0) is 23.8 Å². The Kier molecular flexibility index (Phi) is 5.75. The topological polar surface area (TPSA) is 46.2 Å². The third kappa shape index (κ3) is 3.35. The highest BCUT2D eigenvalue weighted by Crippen LogP contribution is 2.33. The van der Waals surface area contributed by atoms with Gasteiger partial charge in [0, 0.05) is 4.47 Å². The van der Waals surface area contributed by atoms with Crippen molar-refractivity contribution in [3.05, 3.63) is 34.1 Å². The van der Waals surface area contributed by atoms with E-state index in [4.69, 9.17) is 10.8 Å². The van der Waals surface area contributed by atoms with Crippen molar-refractivity contribution in [2.45, 2.75) is 12.0 Å². The number of halogens is 5. The number of benzene rings is 1. The molecule has 0 aromatic heterocycles. The van der Waals surface area contributed by atoms with Gasteiger partial charge < -0.3 is 10.8 Å². The van der Waals surface area contributed by atoms with Crippen molar-refractivity contribution >= 4 is 28.3 Å². The molecule has 0 aliphatic heterocycles. The predicted octanol–water partition coefficient (Wildman–Crippen LogP) is 2.64. The van der Waals surface area contributed by atoms with E-state index in [0.29, 0.717) is 0 Å². The average molecular weight is 321 g/mol. The van der Waals surface area contributed by atoms with Crippen LogP contribution in [0.25, 0.3) is 0 Å². The molecule has 0 heterocycles. The minimum Gasteiger partial charge on any atom is -0.390 e. The molecule has 0 radical (unpaired) electrons. The smallest absolute Gasteiger partial charge is 0.289 e. The van der Waals surface area contributed by atoms with Gasteiger partial charge in [-0.2, -0.15) is 0 Å². The first-order chi connectivity index (χ1) is 6.88. The molecule has 0 aliphatic carbocycles. The molecular weight excluding hydrogens is 310 g/mol. The number of alkyl halides is 2. The average Bonchev–Trinajstić information content (AvgIpc) is 2.20. The lowest BCUT2D eigenvalue weighted by atomic mass is 10.0. The van der Waals surface area contributed by atoms with Crippen LogP contribution in [0.4, 0.5) is 13.2 Å². The fourth-order valence-corrected chi connectivity index (χ4v) is 1.57. The van der Waals surface area contributed by atoms with Crippen molar-refractivity contribution < 1.29 is 18.3 Å². The molecule has 0 unspecified atom stereocenters. The van der Waals surface area contributed by atoms with Gasteiger partial charge >= 0.3 is 0 Å². The fraction of sp³-hybridized carbons (Fsp3) is 0.333. The van der Waals surface area contributed by atoms with Crippen molar-refractivity contribution in [2.75, 3.05) is 6.61 Å². The van der Waals surface area contributed by atoms with E-state index in [9.17, 15) is 13.2 Å². The fourth-order valence-electron chi connectivity index (χ4n) is 1.08. The Morgan fingerprint density at radius 1 is 1.44 bits per heavy atom. The highest BCUT2D eigenvalue weighted by Gasteiger charge is 2.38. The number of aliphatic hydroxyl groups is 1. The van der Waals surface area contributed by atoms with Crippen LogP contribution in [0.15, 0.2) is 22.7 Å². The normalized spacial score (nSPS) is 13.1. The summed E-state index contributed by atoms with van der Waals surface area (Å²) in [5, 5.41) is 8.45. The lowest BCUT2D eigenvalue weighted by Gasteiger charge is -2.22. The van der Waals surface area contributed by atoms with Gasteiger partial charge in [0.05, 0.1) is 6.04 Å². The zero-order valence-electron chi connectivity index (χ0n) is 7.96. The molecule has 1 atom stereocenters. The highest BCUT2D eigenvalue weighted by atomic mass is 79.9. The molecule has 16 heavy (non-hydrogen) atoms. The van der Waals surface area contributed by atoms with Crippen LogP contribution in [0.2, 0.25) is 0 Å². The number of nitrogens with two attached hydrogens (primary N) is 1. The second-order valence-electron chi connectivity index (χ2n) is 3.06. The molecule has 1 aromatic carbocycles. The monoisotopic (exact) mass is 319 g/mol. The molecule has 2 nitrogen and oxygen atoms in total. The summed E-state index contributed by atoms with van der Waals surface area (Å²) < 4.78 is 39.1. The molecule has 0 fully saturated rings. The summed E-state index contributed by atoms with van der Waals surface area (Å²) in [6.07, 6.45) is 0. The van der Waals surface area contributed by atoms with Crippen LogP contribution in [0.5, 0.6) is 0 Å². The minimum absolute atomic E-state index is 0. The van der Waals surface area contributed by atoms with Gasteiger partial charge in [0.15, 0.2) is 0 Å². The van der Waals surface area contributed by atoms with Gasteiger partial charge in [-0.25, -0.2) is 13.2 Å². The minimum atomic E-state index is -3.48. The van der Waals surface area contributed by atoms with E-state index >= 15 is 0 Å². The Morgan fingerprint density at radius 2 is 2.00 bits per heavy atom. The largest absolute Gasteiger partial charge is 0.390 e. The maximum atomic E-state index is 13.0. The van der Waals surface area contributed by atoms with Crippen LogP contribution in [-0.4, -0.2) is 17.6 Å². The summed E-state index contributed by atoms with van der Waals surface area (Å²) in [5.74, 6) is -4.13. The van der Waals surface area contributed by atoms with Crippen LogP contribution < -0.4 is 5.73 Å². The van der Waals surface area contributed by atoms with Crippen LogP contribution in [0, 0.1) is 5.82 Å². The second kappa shape index (κ2) is 5.86. The molecule has 92 valence electrons. The molecule has 1 rings (SSSR count). The first kappa shape index (κ1) is 15.7. The Hall–Kier alpha value is -0.300. The SMILES string of the molecule is Cl.N[C@@H](c1cc(F)ccc1Br)C(F)(F)CO. The summed E-state index contributed by atoms with van der Waals surface area (Å²) in [4.78, 5) is 0. The van der Waals surface area contributed by atoms with Gasteiger partial charge in [0.2, 0.25) is 0 Å². The number of aliphatic hydroxyl groups excluding tert-OH is 1. The quantitative estimate of drug-likeness (QED) is 0.899. The first-order valence-corrected chi connectivity index (χ1v) is 4.87. The first-order valence-electron chi connectivity index (χ1n) is 4.07. The molecule has 0 saturated carbocycles. The summed E-state index contributed by atoms with van der Waals surface area (Å²) in [5.41, 5.74) is 5.17. The van der Waals surface area contributed by atoms with E-state index in [1.54, 1.807) is 0 Å². The number of hydrogen-bond acceptors (Lipinski definition) is 2. The predicted molar refractivity (Wildman–Crippen MR) is 60.3 cm³/mol. The third-order valence-corrected chi connectivity index (χ3v) is 2.68. The summed E-state index contributed by atoms with van der Waals surface area (Å²) in [7, 11) is 0. The maximum absolute atomic E-state index is 13.0. The van der Waals surface area contributed by atoms with E-state index in [1.165, 1.54) is 6.07 Å². The van der Waals surface area contributed by atoms with Gasteiger partial charge in [0.25, 0.3) is 5.92 Å². The van der Waals surface area contributed by atoms with Crippen molar-refractivity contribution in [3.8, 4) is 0 Å². The standard InChI is InChI=1S/C9H9BrF3NO.ClH/c10-7-2-1-5(11)3-6(7)8(14)9(12,13)4-15;/h1-3,8,15H,4,14H2;1H/t8-;/m0./s1. The molecular formula is C9H10BrClF3NO. The number of rotatable bonds is 3.